The second-order valence-corrected chi connectivity index (χ2v) is 7.25. The van der Waals surface area contributed by atoms with E-state index in [1.54, 1.807) is 13.1 Å². The summed E-state index contributed by atoms with van der Waals surface area (Å²) in [6.07, 6.45) is 2.39. The van der Waals surface area contributed by atoms with E-state index in [1.165, 1.54) is 4.57 Å². The van der Waals surface area contributed by atoms with E-state index in [4.69, 9.17) is 5.11 Å². The van der Waals surface area contributed by atoms with E-state index >= 15 is 0 Å². The van der Waals surface area contributed by atoms with Gasteiger partial charge in [0.25, 0.3) is 5.56 Å². The summed E-state index contributed by atoms with van der Waals surface area (Å²) in [6, 6.07) is 5.58. The molecule has 1 aliphatic rings. The van der Waals surface area contributed by atoms with Crippen LogP contribution in [0.15, 0.2) is 23.0 Å². The topological polar surface area (TPSA) is 96.2 Å². The van der Waals surface area contributed by atoms with Crippen molar-refractivity contribution < 1.29 is 9.90 Å². The Hall–Kier alpha value is -1.84. The molecule has 3 rings (SSSR count). The monoisotopic (exact) mass is 442 g/mol. The fourth-order valence-electron chi connectivity index (χ4n) is 3.20. The summed E-state index contributed by atoms with van der Waals surface area (Å²) in [5.41, 5.74) is 0.608. The van der Waals surface area contributed by atoms with Gasteiger partial charge in [-0.2, -0.15) is 0 Å². The van der Waals surface area contributed by atoms with Crippen LogP contribution in [0.4, 0.5) is 10.7 Å². The van der Waals surface area contributed by atoms with E-state index < -0.39 is 6.09 Å². The third kappa shape index (κ3) is 3.47. The molecule has 1 amide bonds. The van der Waals surface area contributed by atoms with Gasteiger partial charge in [0.05, 0.1) is 10.9 Å². The standard InChI is InChI=1S/C16H19IN4O3/c1-21-14(22)11-6-3-7-12(17)13(11)20-15(21)18-9-4-2-5-10(8-9)19-16(23)24/h3,6-7,9-10,19H,2,4-5,8H2,1H3,(H,18,20)(H,23,24). The zero-order chi connectivity index (χ0) is 17.3. The van der Waals surface area contributed by atoms with Crippen LogP contribution in [-0.2, 0) is 7.05 Å². The Balaban J connectivity index is 1.87. The van der Waals surface area contributed by atoms with Gasteiger partial charge in [-0.25, -0.2) is 9.78 Å². The second-order valence-electron chi connectivity index (χ2n) is 6.09. The van der Waals surface area contributed by atoms with E-state index in [2.05, 4.69) is 38.2 Å². The van der Waals surface area contributed by atoms with Crippen molar-refractivity contribution in [2.24, 2.45) is 7.05 Å². The van der Waals surface area contributed by atoms with Crippen LogP contribution in [0, 0.1) is 3.57 Å². The first-order valence-corrected chi connectivity index (χ1v) is 8.95. The lowest BCUT2D eigenvalue weighted by Crippen LogP contribution is -2.41. The molecule has 2 aromatic rings. The van der Waals surface area contributed by atoms with Gasteiger partial charge in [-0.3, -0.25) is 9.36 Å². The predicted molar refractivity (Wildman–Crippen MR) is 101 cm³/mol. The number of aromatic nitrogens is 2. The Kier molecular flexibility index (Phi) is 4.93. The lowest BCUT2D eigenvalue weighted by molar-refractivity contribution is 0.185. The number of carboxylic acid groups (broad SMARTS) is 1. The van der Waals surface area contributed by atoms with E-state index in [-0.39, 0.29) is 17.6 Å². The van der Waals surface area contributed by atoms with Gasteiger partial charge in [-0.15, -0.1) is 0 Å². The van der Waals surface area contributed by atoms with Crippen LogP contribution in [0.25, 0.3) is 10.9 Å². The third-order valence-corrected chi connectivity index (χ3v) is 5.26. The number of rotatable bonds is 3. The highest BCUT2D eigenvalue weighted by atomic mass is 127. The summed E-state index contributed by atoms with van der Waals surface area (Å²) < 4.78 is 2.45. The van der Waals surface area contributed by atoms with Crippen molar-refractivity contribution in [1.82, 2.24) is 14.9 Å². The van der Waals surface area contributed by atoms with Gasteiger partial charge in [-0.1, -0.05) is 6.07 Å². The smallest absolute Gasteiger partial charge is 0.404 e. The van der Waals surface area contributed by atoms with Crippen molar-refractivity contribution in [1.29, 1.82) is 0 Å². The van der Waals surface area contributed by atoms with Crippen LogP contribution in [0.5, 0.6) is 0 Å². The summed E-state index contributed by atoms with van der Waals surface area (Å²) >= 11 is 2.18. The fourth-order valence-corrected chi connectivity index (χ4v) is 3.82. The summed E-state index contributed by atoms with van der Waals surface area (Å²) in [5, 5.41) is 15.4. The van der Waals surface area contributed by atoms with Crippen molar-refractivity contribution in [2.45, 2.75) is 37.8 Å². The van der Waals surface area contributed by atoms with Gasteiger partial charge in [0, 0.05) is 22.7 Å². The molecule has 0 spiro atoms. The number of para-hydroxylation sites is 1. The molecule has 0 radical (unpaired) electrons. The van der Waals surface area contributed by atoms with E-state index in [1.807, 2.05) is 12.1 Å². The Morgan fingerprint density at radius 1 is 1.38 bits per heavy atom. The Morgan fingerprint density at radius 3 is 2.88 bits per heavy atom. The SMILES string of the molecule is Cn1c(NC2CCCC(NC(=O)O)C2)nc2c(I)cccc2c1=O. The molecule has 0 saturated heterocycles. The molecular formula is C16H19IN4O3. The molecule has 1 fully saturated rings. The molecule has 1 aromatic carbocycles. The molecule has 0 bridgehead atoms. The number of carbonyl (C=O) groups is 1. The maximum absolute atomic E-state index is 12.5. The summed E-state index contributed by atoms with van der Waals surface area (Å²) in [6.45, 7) is 0. The molecule has 128 valence electrons. The zero-order valence-corrected chi connectivity index (χ0v) is 15.4. The predicted octanol–water partition coefficient (Wildman–Crippen LogP) is 2.53. The first kappa shape index (κ1) is 17.0. The van der Waals surface area contributed by atoms with Crippen LogP contribution in [-0.4, -0.2) is 32.8 Å². The lowest BCUT2D eigenvalue weighted by atomic mass is 9.91. The maximum Gasteiger partial charge on any atom is 0.404 e. The number of fused-ring (bicyclic) bond motifs is 1. The molecule has 1 saturated carbocycles. The molecule has 0 aliphatic heterocycles. The van der Waals surface area contributed by atoms with Gasteiger partial charge < -0.3 is 15.7 Å². The normalized spacial score (nSPS) is 20.8. The molecule has 3 N–H and O–H groups in total. The number of hydrogen-bond donors (Lipinski definition) is 3. The molecule has 7 nitrogen and oxygen atoms in total. The molecule has 2 unspecified atom stereocenters. The average molecular weight is 442 g/mol. The molecule has 1 heterocycles. The number of hydrogen-bond acceptors (Lipinski definition) is 4. The fraction of sp³-hybridized carbons (Fsp3) is 0.438. The van der Waals surface area contributed by atoms with Crippen molar-refractivity contribution in [3.8, 4) is 0 Å². The van der Waals surface area contributed by atoms with Crippen LogP contribution in [0.1, 0.15) is 25.7 Å². The van der Waals surface area contributed by atoms with Crippen molar-refractivity contribution in [3.05, 3.63) is 32.1 Å². The van der Waals surface area contributed by atoms with E-state index in [9.17, 15) is 9.59 Å². The summed E-state index contributed by atoms with van der Waals surface area (Å²) in [7, 11) is 1.70. The first-order valence-electron chi connectivity index (χ1n) is 7.87. The number of nitrogens with zero attached hydrogens (tertiary/aromatic N) is 2. The van der Waals surface area contributed by atoms with Crippen LogP contribution >= 0.6 is 22.6 Å². The van der Waals surface area contributed by atoms with Crippen LogP contribution < -0.4 is 16.2 Å². The summed E-state index contributed by atoms with van der Waals surface area (Å²) in [5.74, 6) is 0.526. The van der Waals surface area contributed by atoms with Gasteiger partial charge in [0.2, 0.25) is 5.95 Å². The highest BCUT2D eigenvalue weighted by Crippen LogP contribution is 2.23. The zero-order valence-electron chi connectivity index (χ0n) is 13.3. The molecule has 2 atom stereocenters. The summed E-state index contributed by atoms with van der Waals surface area (Å²) in [4.78, 5) is 28.0. The van der Waals surface area contributed by atoms with Crippen LogP contribution in [0.2, 0.25) is 0 Å². The maximum atomic E-state index is 12.5. The number of benzene rings is 1. The number of halogens is 1. The second kappa shape index (κ2) is 6.96. The first-order chi connectivity index (χ1) is 11.5. The van der Waals surface area contributed by atoms with E-state index in [0.717, 1.165) is 22.8 Å². The number of nitrogens with one attached hydrogen (secondary N) is 2. The van der Waals surface area contributed by atoms with Crippen molar-refractivity contribution in [2.75, 3.05) is 5.32 Å². The highest BCUT2D eigenvalue weighted by molar-refractivity contribution is 14.1. The molecule has 1 aliphatic carbocycles. The largest absolute Gasteiger partial charge is 0.465 e. The Labute approximate surface area is 152 Å². The van der Waals surface area contributed by atoms with Gasteiger partial charge in [-0.05, 0) is 60.4 Å². The molecule has 8 heteroatoms. The molecular weight excluding hydrogens is 423 g/mol. The van der Waals surface area contributed by atoms with E-state index in [0.29, 0.717) is 23.3 Å². The Bertz CT molecular complexity index is 836. The minimum atomic E-state index is -0.994. The minimum absolute atomic E-state index is 0.0635. The lowest BCUT2D eigenvalue weighted by Gasteiger charge is -2.30. The van der Waals surface area contributed by atoms with Crippen LogP contribution in [0.3, 0.4) is 0 Å². The average Bonchev–Trinajstić information content (AvgIpc) is 2.53. The molecule has 1 aromatic heterocycles. The number of anilines is 1. The quantitative estimate of drug-likeness (QED) is 0.635. The molecule has 24 heavy (non-hydrogen) atoms. The van der Waals surface area contributed by atoms with Crippen molar-refractivity contribution >= 4 is 45.5 Å². The van der Waals surface area contributed by atoms with Crippen molar-refractivity contribution in [3.63, 3.8) is 0 Å². The minimum Gasteiger partial charge on any atom is -0.465 e. The third-order valence-electron chi connectivity index (χ3n) is 4.39. The van der Waals surface area contributed by atoms with Gasteiger partial charge in [0.1, 0.15) is 0 Å². The van der Waals surface area contributed by atoms with Gasteiger partial charge >= 0.3 is 6.09 Å². The Morgan fingerprint density at radius 2 is 2.12 bits per heavy atom. The van der Waals surface area contributed by atoms with Gasteiger partial charge in [0.15, 0.2) is 0 Å². The number of amides is 1. The highest BCUT2D eigenvalue weighted by Gasteiger charge is 2.24.